The van der Waals surface area contributed by atoms with E-state index in [2.05, 4.69) is 17.2 Å². The summed E-state index contributed by atoms with van der Waals surface area (Å²) in [7, 11) is 0. The van der Waals surface area contributed by atoms with Crippen LogP contribution in [0.4, 0.5) is 10.1 Å². The first-order valence-electron chi connectivity index (χ1n) is 11.3. The zero-order chi connectivity index (χ0) is 23.4. The van der Waals surface area contributed by atoms with E-state index >= 15 is 0 Å². The van der Waals surface area contributed by atoms with Crippen LogP contribution >= 0.6 is 0 Å². The van der Waals surface area contributed by atoms with Gasteiger partial charge in [0.2, 0.25) is 5.91 Å². The number of amides is 2. The van der Waals surface area contributed by atoms with Gasteiger partial charge in [0, 0.05) is 36.1 Å². The van der Waals surface area contributed by atoms with Crippen molar-refractivity contribution in [3.05, 3.63) is 95.6 Å². The molecule has 1 fully saturated rings. The van der Waals surface area contributed by atoms with Gasteiger partial charge < -0.3 is 10.2 Å². The number of aromatic nitrogens is 1. The second kappa shape index (κ2) is 9.94. The number of carbonyl (C=O) groups excluding carboxylic acids is 2. The molecular formula is C27H28FN3O2. The predicted molar refractivity (Wildman–Crippen MR) is 126 cm³/mol. The summed E-state index contributed by atoms with van der Waals surface area (Å²) < 4.78 is 13.6. The SMILES string of the molecule is CCCN(C(=O)c1cccc(NC(=O)C2CC2C)c1)C(c1ccc(F)cc1)c1cccnc1. The summed E-state index contributed by atoms with van der Waals surface area (Å²) in [4.78, 5) is 32.1. The van der Waals surface area contributed by atoms with E-state index in [1.54, 1.807) is 53.7 Å². The van der Waals surface area contributed by atoms with E-state index in [4.69, 9.17) is 0 Å². The second-order valence-electron chi connectivity index (χ2n) is 8.63. The van der Waals surface area contributed by atoms with E-state index in [0.29, 0.717) is 23.7 Å². The number of carbonyl (C=O) groups is 2. The van der Waals surface area contributed by atoms with Gasteiger partial charge in [0.15, 0.2) is 0 Å². The lowest BCUT2D eigenvalue weighted by Gasteiger charge is -2.32. The van der Waals surface area contributed by atoms with Crippen LogP contribution in [0.25, 0.3) is 0 Å². The van der Waals surface area contributed by atoms with Crippen LogP contribution in [0.5, 0.6) is 0 Å². The Morgan fingerprint density at radius 2 is 1.88 bits per heavy atom. The van der Waals surface area contributed by atoms with Crippen molar-refractivity contribution in [2.24, 2.45) is 11.8 Å². The van der Waals surface area contributed by atoms with Gasteiger partial charge in [0.25, 0.3) is 5.91 Å². The number of pyridine rings is 1. The molecule has 170 valence electrons. The zero-order valence-corrected chi connectivity index (χ0v) is 18.9. The summed E-state index contributed by atoms with van der Waals surface area (Å²) in [6.45, 7) is 4.57. The molecule has 2 amide bonds. The molecule has 1 aliphatic rings. The molecule has 6 heteroatoms. The van der Waals surface area contributed by atoms with Crippen LogP contribution in [0.3, 0.4) is 0 Å². The summed E-state index contributed by atoms with van der Waals surface area (Å²) in [5.74, 6) is -0.0337. The smallest absolute Gasteiger partial charge is 0.254 e. The van der Waals surface area contributed by atoms with Gasteiger partial charge in [-0.1, -0.05) is 38.1 Å². The Morgan fingerprint density at radius 1 is 1.12 bits per heavy atom. The number of nitrogens with zero attached hydrogens (tertiary/aromatic N) is 2. The van der Waals surface area contributed by atoms with Gasteiger partial charge in [-0.3, -0.25) is 14.6 Å². The van der Waals surface area contributed by atoms with Crippen molar-refractivity contribution in [2.45, 2.75) is 32.7 Å². The van der Waals surface area contributed by atoms with E-state index in [1.807, 2.05) is 19.1 Å². The third-order valence-corrected chi connectivity index (χ3v) is 6.05. The summed E-state index contributed by atoms with van der Waals surface area (Å²) in [6, 6.07) is 16.6. The van der Waals surface area contributed by atoms with Crippen LogP contribution in [0.1, 0.15) is 54.2 Å². The topological polar surface area (TPSA) is 62.3 Å². The molecule has 3 unspecified atom stereocenters. The fourth-order valence-electron chi connectivity index (χ4n) is 4.14. The monoisotopic (exact) mass is 445 g/mol. The van der Waals surface area contributed by atoms with Crippen molar-refractivity contribution in [1.82, 2.24) is 9.88 Å². The molecule has 1 saturated carbocycles. The quantitative estimate of drug-likeness (QED) is 0.501. The summed E-state index contributed by atoms with van der Waals surface area (Å²) in [6.07, 6.45) is 5.07. The Hall–Kier alpha value is -3.54. The van der Waals surface area contributed by atoms with E-state index in [1.165, 1.54) is 12.1 Å². The van der Waals surface area contributed by atoms with Crippen LogP contribution in [0, 0.1) is 17.7 Å². The van der Waals surface area contributed by atoms with E-state index < -0.39 is 6.04 Å². The van der Waals surface area contributed by atoms with Crippen molar-refractivity contribution in [1.29, 1.82) is 0 Å². The molecule has 4 rings (SSSR count). The highest BCUT2D eigenvalue weighted by Gasteiger charge is 2.39. The number of benzene rings is 2. The molecule has 5 nitrogen and oxygen atoms in total. The molecule has 0 saturated heterocycles. The molecule has 2 aromatic carbocycles. The van der Waals surface area contributed by atoms with Crippen LogP contribution in [-0.4, -0.2) is 28.2 Å². The van der Waals surface area contributed by atoms with Crippen molar-refractivity contribution in [3.63, 3.8) is 0 Å². The van der Waals surface area contributed by atoms with Crippen LogP contribution < -0.4 is 5.32 Å². The Morgan fingerprint density at radius 3 is 2.52 bits per heavy atom. The molecule has 1 aromatic heterocycles. The Kier molecular flexibility index (Phi) is 6.82. The van der Waals surface area contributed by atoms with Crippen molar-refractivity contribution >= 4 is 17.5 Å². The van der Waals surface area contributed by atoms with E-state index in [-0.39, 0.29) is 23.5 Å². The first kappa shape index (κ1) is 22.6. The normalized spacial score (nSPS) is 17.8. The molecular weight excluding hydrogens is 417 g/mol. The van der Waals surface area contributed by atoms with Gasteiger partial charge >= 0.3 is 0 Å². The highest BCUT2D eigenvalue weighted by molar-refractivity contribution is 5.98. The molecule has 1 heterocycles. The number of anilines is 1. The molecule has 0 aliphatic heterocycles. The molecule has 3 aromatic rings. The average molecular weight is 446 g/mol. The zero-order valence-electron chi connectivity index (χ0n) is 18.9. The standard InChI is InChI=1S/C27H28FN3O2/c1-3-14-31(25(21-7-5-13-29-17-21)19-9-11-22(28)12-10-19)27(33)20-6-4-8-23(16-20)30-26(32)24-15-18(24)2/h4-13,16-18,24-25H,3,14-15H2,1-2H3,(H,30,32). The fourth-order valence-corrected chi connectivity index (χ4v) is 4.14. The molecule has 0 spiro atoms. The van der Waals surface area contributed by atoms with Crippen molar-refractivity contribution < 1.29 is 14.0 Å². The van der Waals surface area contributed by atoms with Crippen LogP contribution in [0.2, 0.25) is 0 Å². The highest BCUT2D eigenvalue weighted by atomic mass is 19.1. The lowest BCUT2D eigenvalue weighted by atomic mass is 9.97. The fraction of sp³-hybridized carbons (Fsp3) is 0.296. The third kappa shape index (κ3) is 5.28. The molecule has 3 atom stereocenters. The number of hydrogen-bond donors (Lipinski definition) is 1. The highest BCUT2D eigenvalue weighted by Crippen LogP contribution is 2.38. The number of hydrogen-bond acceptors (Lipinski definition) is 3. The molecule has 1 N–H and O–H groups in total. The molecule has 33 heavy (non-hydrogen) atoms. The molecule has 0 radical (unpaired) electrons. The maximum Gasteiger partial charge on any atom is 0.254 e. The van der Waals surface area contributed by atoms with Gasteiger partial charge in [0.1, 0.15) is 5.82 Å². The summed E-state index contributed by atoms with van der Waals surface area (Å²) in [5, 5.41) is 2.94. The minimum Gasteiger partial charge on any atom is -0.327 e. The van der Waals surface area contributed by atoms with Gasteiger partial charge in [-0.05, 0) is 66.3 Å². The average Bonchev–Trinajstić information content (AvgIpc) is 3.57. The summed E-state index contributed by atoms with van der Waals surface area (Å²) >= 11 is 0. The lowest BCUT2D eigenvalue weighted by Crippen LogP contribution is -2.36. The van der Waals surface area contributed by atoms with Gasteiger partial charge in [-0.25, -0.2) is 4.39 Å². The number of rotatable bonds is 8. The third-order valence-electron chi connectivity index (χ3n) is 6.05. The maximum absolute atomic E-state index is 13.7. The Bertz CT molecular complexity index is 1120. The van der Waals surface area contributed by atoms with E-state index in [9.17, 15) is 14.0 Å². The van der Waals surface area contributed by atoms with Gasteiger partial charge in [-0.15, -0.1) is 0 Å². The van der Waals surface area contributed by atoms with E-state index in [0.717, 1.165) is 24.0 Å². The molecule has 1 aliphatic carbocycles. The lowest BCUT2D eigenvalue weighted by molar-refractivity contribution is -0.117. The molecule has 0 bridgehead atoms. The largest absolute Gasteiger partial charge is 0.327 e. The first-order chi connectivity index (χ1) is 16.0. The van der Waals surface area contributed by atoms with Gasteiger partial charge in [0.05, 0.1) is 6.04 Å². The predicted octanol–water partition coefficient (Wildman–Crippen LogP) is 5.46. The van der Waals surface area contributed by atoms with Crippen molar-refractivity contribution in [2.75, 3.05) is 11.9 Å². The maximum atomic E-state index is 13.7. The van der Waals surface area contributed by atoms with Crippen LogP contribution in [-0.2, 0) is 4.79 Å². The number of nitrogens with one attached hydrogen (secondary N) is 1. The van der Waals surface area contributed by atoms with Crippen molar-refractivity contribution in [3.8, 4) is 0 Å². The summed E-state index contributed by atoms with van der Waals surface area (Å²) in [5.41, 5.74) is 2.75. The van der Waals surface area contributed by atoms with Gasteiger partial charge in [-0.2, -0.15) is 0 Å². The minimum absolute atomic E-state index is 0.00272. The Balaban J connectivity index is 1.66. The number of halogens is 1. The Labute approximate surface area is 193 Å². The second-order valence-corrected chi connectivity index (χ2v) is 8.63. The first-order valence-corrected chi connectivity index (χ1v) is 11.3. The minimum atomic E-state index is -0.419. The van der Waals surface area contributed by atoms with Crippen LogP contribution in [0.15, 0.2) is 73.1 Å².